The number of sulfone groups is 1. The van der Waals surface area contributed by atoms with Crippen molar-refractivity contribution in [1.29, 1.82) is 0 Å². The van der Waals surface area contributed by atoms with E-state index in [2.05, 4.69) is 0 Å². The van der Waals surface area contributed by atoms with Gasteiger partial charge in [0.05, 0.1) is 17.9 Å². The fourth-order valence-electron chi connectivity index (χ4n) is 3.14. The highest BCUT2D eigenvalue weighted by molar-refractivity contribution is 7.91. The van der Waals surface area contributed by atoms with Gasteiger partial charge in [-0.3, -0.25) is 14.4 Å². The highest BCUT2D eigenvalue weighted by Crippen LogP contribution is 2.19. The fraction of sp³-hybridized carbons (Fsp3) is 0.550. The van der Waals surface area contributed by atoms with E-state index in [9.17, 15) is 22.8 Å². The Hall–Kier alpha value is -2.22. The average molecular weight is 410 g/mol. The first kappa shape index (κ1) is 22.1. The van der Waals surface area contributed by atoms with E-state index in [1.807, 2.05) is 6.92 Å². The van der Waals surface area contributed by atoms with E-state index >= 15 is 0 Å². The zero-order chi connectivity index (χ0) is 20.6. The molecule has 1 aliphatic rings. The van der Waals surface area contributed by atoms with Gasteiger partial charge in [-0.1, -0.05) is 43.7 Å². The van der Waals surface area contributed by atoms with Crippen molar-refractivity contribution in [2.75, 3.05) is 24.7 Å². The van der Waals surface area contributed by atoms with Crippen LogP contribution in [-0.4, -0.2) is 61.7 Å². The van der Waals surface area contributed by atoms with Crippen molar-refractivity contribution in [1.82, 2.24) is 4.90 Å². The summed E-state index contributed by atoms with van der Waals surface area (Å²) in [6, 6.07) is 8.30. The minimum Gasteiger partial charge on any atom is -0.456 e. The van der Waals surface area contributed by atoms with E-state index < -0.39 is 28.3 Å². The second-order valence-corrected chi connectivity index (χ2v) is 9.18. The lowest BCUT2D eigenvalue weighted by atomic mass is 10.1. The van der Waals surface area contributed by atoms with Crippen LogP contribution in [0.4, 0.5) is 0 Å². The molecule has 0 bridgehead atoms. The third kappa shape index (κ3) is 6.74. The predicted molar refractivity (Wildman–Crippen MR) is 105 cm³/mol. The summed E-state index contributed by atoms with van der Waals surface area (Å²) in [5.74, 6) is -1.13. The van der Waals surface area contributed by atoms with Crippen LogP contribution in [0.15, 0.2) is 30.3 Å². The molecule has 0 aromatic heterocycles. The number of benzene rings is 1. The van der Waals surface area contributed by atoms with Crippen LogP contribution in [0.1, 0.15) is 49.4 Å². The number of carbonyl (C=O) groups is 3. The summed E-state index contributed by atoms with van der Waals surface area (Å²) in [5, 5.41) is 0. The van der Waals surface area contributed by atoms with Crippen LogP contribution >= 0.6 is 0 Å². The summed E-state index contributed by atoms with van der Waals surface area (Å²) in [7, 11) is -3.11. The first-order valence-corrected chi connectivity index (χ1v) is 11.4. The van der Waals surface area contributed by atoms with E-state index in [1.165, 1.54) is 4.90 Å². The molecule has 0 aliphatic carbocycles. The lowest BCUT2D eigenvalue weighted by Gasteiger charge is -2.28. The number of hydrogen-bond donors (Lipinski definition) is 0. The lowest BCUT2D eigenvalue weighted by Crippen LogP contribution is -2.43. The van der Waals surface area contributed by atoms with Gasteiger partial charge in [-0.15, -0.1) is 0 Å². The number of amides is 1. The Morgan fingerprint density at radius 3 is 2.46 bits per heavy atom. The van der Waals surface area contributed by atoms with Gasteiger partial charge < -0.3 is 9.64 Å². The van der Waals surface area contributed by atoms with Crippen LogP contribution in [-0.2, 0) is 24.2 Å². The summed E-state index contributed by atoms with van der Waals surface area (Å²) in [6.07, 6.45) is 1.94. The van der Waals surface area contributed by atoms with Gasteiger partial charge in [0.1, 0.15) is 0 Å². The molecule has 28 heavy (non-hydrogen) atoms. The van der Waals surface area contributed by atoms with Crippen molar-refractivity contribution in [2.24, 2.45) is 0 Å². The molecular formula is C20H27NO6S. The maximum Gasteiger partial charge on any atom is 0.306 e. The largest absolute Gasteiger partial charge is 0.456 e. The number of unbranched alkanes of at least 4 members (excludes halogenated alkanes) is 1. The minimum absolute atomic E-state index is 0.0114. The molecule has 0 N–H and O–H groups in total. The quantitative estimate of drug-likeness (QED) is 0.433. The standard InChI is InChI=1S/C20H27NO6S/c1-2-3-12-21(17-11-13-28(25,26)15-17)19(23)14-27-20(24)10-9-18(22)16-7-5-4-6-8-16/h4-8,17H,2-3,9-15H2,1H3. The summed E-state index contributed by atoms with van der Waals surface area (Å²) in [5.41, 5.74) is 0.527. The molecule has 1 atom stereocenters. The van der Waals surface area contributed by atoms with Crippen molar-refractivity contribution in [3.05, 3.63) is 35.9 Å². The van der Waals surface area contributed by atoms with E-state index in [0.717, 1.165) is 12.8 Å². The highest BCUT2D eigenvalue weighted by Gasteiger charge is 2.34. The topological polar surface area (TPSA) is 97.8 Å². The van der Waals surface area contributed by atoms with Gasteiger partial charge in [-0.25, -0.2) is 8.42 Å². The normalized spacial score (nSPS) is 17.8. The van der Waals surface area contributed by atoms with Gasteiger partial charge in [-0.2, -0.15) is 0 Å². The Balaban J connectivity index is 1.82. The van der Waals surface area contributed by atoms with E-state index in [0.29, 0.717) is 18.5 Å². The molecule has 0 radical (unpaired) electrons. The number of rotatable bonds is 10. The molecule has 1 heterocycles. The molecule has 1 aliphatic heterocycles. The Morgan fingerprint density at radius 2 is 1.86 bits per heavy atom. The number of carbonyl (C=O) groups excluding carboxylic acids is 3. The van der Waals surface area contributed by atoms with Gasteiger partial charge in [0.2, 0.25) is 0 Å². The summed E-state index contributed by atoms with van der Waals surface area (Å²) in [6.45, 7) is 2.00. The van der Waals surface area contributed by atoms with Crippen molar-refractivity contribution in [3.63, 3.8) is 0 Å². The van der Waals surface area contributed by atoms with Gasteiger partial charge in [0, 0.05) is 24.6 Å². The number of esters is 1. The molecule has 1 aromatic rings. The third-order valence-electron chi connectivity index (χ3n) is 4.73. The zero-order valence-electron chi connectivity index (χ0n) is 16.1. The second kappa shape index (κ2) is 10.4. The lowest BCUT2D eigenvalue weighted by molar-refractivity contribution is -0.152. The Kier molecular flexibility index (Phi) is 8.17. The molecule has 7 nitrogen and oxygen atoms in total. The predicted octanol–water partition coefficient (Wildman–Crippen LogP) is 2.01. The molecule has 2 rings (SSSR count). The van der Waals surface area contributed by atoms with E-state index in [-0.39, 0.29) is 36.2 Å². The molecular weight excluding hydrogens is 382 g/mol. The molecule has 1 saturated heterocycles. The van der Waals surface area contributed by atoms with Crippen LogP contribution < -0.4 is 0 Å². The Bertz CT molecular complexity index is 790. The fourth-order valence-corrected chi connectivity index (χ4v) is 4.87. The summed E-state index contributed by atoms with van der Waals surface area (Å²) < 4.78 is 28.5. The molecule has 8 heteroatoms. The first-order valence-electron chi connectivity index (χ1n) is 9.56. The smallest absolute Gasteiger partial charge is 0.306 e. The van der Waals surface area contributed by atoms with Crippen molar-refractivity contribution < 1.29 is 27.5 Å². The van der Waals surface area contributed by atoms with E-state index in [1.54, 1.807) is 30.3 Å². The Labute approximate surface area is 166 Å². The number of ketones is 1. The van der Waals surface area contributed by atoms with Crippen LogP contribution in [0, 0.1) is 0 Å². The van der Waals surface area contributed by atoms with Crippen LogP contribution in [0.2, 0.25) is 0 Å². The number of ether oxygens (including phenoxy) is 1. The first-order chi connectivity index (χ1) is 13.3. The SMILES string of the molecule is CCCCN(C(=O)COC(=O)CCC(=O)c1ccccc1)C1CCS(=O)(=O)C1. The summed E-state index contributed by atoms with van der Waals surface area (Å²) >= 11 is 0. The van der Waals surface area contributed by atoms with Gasteiger partial charge in [-0.05, 0) is 12.8 Å². The highest BCUT2D eigenvalue weighted by atomic mass is 32.2. The molecule has 1 amide bonds. The van der Waals surface area contributed by atoms with Crippen LogP contribution in [0.5, 0.6) is 0 Å². The molecule has 1 unspecified atom stereocenters. The van der Waals surface area contributed by atoms with Crippen LogP contribution in [0.25, 0.3) is 0 Å². The maximum atomic E-state index is 12.5. The average Bonchev–Trinajstić information content (AvgIpc) is 3.04. The molecule has 1 aromatic carbocycles. The van der Waals surface area contributed by atoms with Crippen molar-refractivity contribution >= 4 is 27.5 Å². The monoisotopic (exact) mass is 409 g/mol. The van der Waals surface area contributed by atoms with Gasteiger partial charge in [0.15, 0.2) is 22.2 Å². The van der Waals surface area contributed by atoms with Crippen molar-refractivity contribution in [3.8, 4) is 0 Å². The maximum absolute atomic E-state index is 12.5. The van der Waals surface area contributed by atoms with Crippen LogP contribution in [0.3, 0.4) is 0 Å². The number of Topliss-reactive ketones (excluding diaryl/α,β-unsaturated/α-hetero) is 1. The van der Waals surface area contributed by atoms with Gasteiger partial charge >= 0.3 is 5.97 Å². The zero-order valence-corrected chi connectivity index (χ0v) is 16.9. The number of hydrogen-bond acceptors (Lipinski definition) is 6. The molecule has 0 saturated carbocycles. The molecule has 1 fully saturated rings. The molecule has 0 spiro atoms. The Morgan fingerprint density at radius 1 is 1.14 bits per heavy atom. The molecule has 154 valence electrons. The third-order valence-corrected chi connectivity index (χ3v) is 6.48. The van der Waals surface area contributed by atoms with Crippen molar-refractivity contribution in [2.45, 2.75) is 45.1 Å². The van der Waals surface area contributed by atoms with E-state index in [4.69, 9.17) is 4.74 Å². The minimum atomic E-state index is -3.11. The summed E-state index contributed by atoms with van der Waals surface area (Å²) in [4.78, 5) is 37.9. The second-order valence-electron chi connectivity index (χ2n) is 6.95. The number of nitrogens with zero attached hydrogens (tertiary/aromatic N) is 1. The van der Waals surface area contributed by atoms with Gasteiger partial charge in [0.25, 0.3) is 5.91 Å².